The zero-order chi connectivity index (χ0) is 33.5. The zero-order valence-corrected chi connectivity index (χ0v) is 28.6. The van der Waals surface area contributed by atoms with Crippen molar-refractivity contribution in [3.8, 4) is 5.75 Å². The Morgan fingerprint density at radius 3 is 2.63 bits per heavy atom. The molecule has 7 aliphatic rings. The molecule has 6 heteroatoms. The standard InChI is InChI=1S/C45H42N4O2/c1-2-11-27(12-3-1)43-46-44(28-21-23-33-32-15-6-9-19-38(32)50-40(33)25-28)48-45(47-43)35-16-10-20-39-42(35)34-24-22-29(26-41(34)51-39)49-36-17-7-4-13-30(36)31-14-5-8-18-37(31)49/h1-4,6-7,9-13,15-17,19-25,29,32,34,38-39,41-42,44-45,48H,5,8,14,18,26H2,(H,46,47). The van der Waals surface area contributed by atoms with E-state index < -0.39 is 0 Å². The third-order valence-corrected chi connectivity index (χ3v) is 12.4. The molecular formula is C45H42N4O2. The third-order valence-electron chi connectivity index (χ3n) is 12.4. The van der Waals surface area contributed by atoms with Crippen LogP contribution in [-0.2, 0) is 17.6 Å². The number of amidine groups is 1. The molecule has 4 aliphatic carbocycles. The summed E-state index contributed by atoms with van der Waals surface area (Å²) in [6, 6.07) is 26.5. The highest BCUT2D eigenvalue weighted by molar-refractivity contribution is 5.99. The van der Waals surface area contributed by atoms with Crippen molar-refractivity contribution in [1.29, 1.82) is 0 Å². The van der Waals surface area contributed by atoms with E-state index in [0.717, 1.165) is 29.1 Å². The van der Waals surface area contributed by atoms with E-state index in [2.05, 4.69) is 143 Å². The highest BCUT2D eigenvalue weighted by Crippen LogP contribution is 2.49. The fourth-order valence-electron chi connectivity index (χ4n) is 10.1. The van der Waals surface area contributed by atoms with Gasteiger partial charge >= 0.3 is 0 Å². The predicted molar refractivity (Wildman–Crippen MR) is 202 cm³/mol. The van der Waals surface area contributed by atoms with Crippen molar-refractivity contribution in [2.75, 3.05) is 0 Å². The minimum atomic E-state index is -0.239. The normalized spacial score (nSPS) is 32.6. The average molecular weight is 671 g/mol. The molecule has 6 nitrogen and oxygen atoms in total. The Labute approximate surface area is 299 Å². The molecule has 3 aromatic carbocycles. The van der Waals surface area contributed by atoms with E-state index in [4.69, 9.17) is 14.5 Å². The van der Waals surface area contributed by atoms with Crippen molar-refractivity contribution in [3.05, 3.63) is 161 Å². The summed E-state index contributed by atoms with van der Waals surface area (Å²) in [5.74, 6) is 2.67. The van der Waals surface area contributed by atoms with Gasteiger partial charge in [0.25, 0.3) is 0 Å². The second-order valence-electron chi connectivity index (χ2n) is 15.2. The van der Waals surface area contributed by atoms with Gasteiger partial charge in [-0.25, -0.2) is 4.99 Å². The first kappa shape index (κ1) is 29.8. The number of aryl methyl sites for hydroxylation is 1. The second-order valence-corrected chi connectivity index (χ2v) is 15.2. The Morgan fingerprint density at radius 2 is 1.67 bits per heavy atom. The van der Waals surface area contributed by atoms with Gasteiger partial charge in [0.1, 0.15) is 30.0 Å². The summed E-state index contributed by atoms with van der Waals surface area (Å²) < 4.78 is 16.1. The van der Waals surface area contributed by atoms with E-state index in [9.17, 15) is 0 Å². The molecule has 0 spiro atoms. The molecule has 4 aromatic rings. The SMILES string of the molecule is C1=CC2Oc3cc(C4N=C(c5ccccc5)NC(C5=CC=CC6OC7CC(n8c9c(c%10ccccc%108)CCCC9)C=CC7C56)N4)ccc3C2C=C1. The molecule has 3 aliphatic heterocycles. The van der Waals surface area contributed by atoms with Gasteiger partial charge in [0, 0.05) is 45.5 Å². The number of para-hydroxylation sites is 1. The monoisotopic (exact) mass is 670 g/mol. The molecule has 1 aromatic heterocycles. The Kier molecular flexibility index (Phi) is 6.91. The maximum Gasteiger partial charge on any atom is 0.131 e. The van der Waals surface area contributed by atoms with Crippen LogP contribution >= 0.6 is 0 Å². The lowest BCUT2D eigenvalue weighted by molar-refractivity contribution is 0.0446. The van der Waals surface area contributed by atoms with Crippen LogP contribution in [0.3, 0.4) is 0 Å². The lowest BCUT2D eigenvalue weighted by Gasteiger charge is -2.38. The second kappa shape index (κ2) is 11.8. The largest absolute Gasteiger partial charge is 0.485 e. The Hall–Kier alpha value is -4.91. The number of benzene rings is 3. The summed E-state index contributed by atoms with van der Waals surface area (Å²) in [5.41, 5.74) is 9.26. The van der Waals surface area contributed by atoms with Gasteiger partial charge in [0.2, 0.25) is 0 Å². The fourth-order valence-corrected chi connectivity index (χ4v) is 10.1. The van der Waals surface area contributed by atoms with Gasteiger partial charge in [-0.3, -0.25) is 5.32 Å². The predicted octanol–water partition coefficient (Wildman–Crippen LogP) is 8.15. The highest BCUT2D eigenvalue weighted by Gasteiger charge is 2.49. The van der Waals surface area contributed by atoms with Crippen molar-refractivity contribution in [3.63, 3.8) is 0 Å². The van der Waals surface area contributed by atoms with Gasteiger partial charge in [-0.1, -0.05) is 109 Å². The summed E-state index contributed by atoms with van der Waals surface area (Å²) in [7, 11) is 0. The van der Waals surface area contributed by atoms with Gasteiger partial charge in [0.05, 0.1) is 18.2 Å². The van der Waals surface area contributed by atoms with Crippen molar-refractivity contribution >= 4 is 16.7 Å². The number of nitrogens with one attached hydrogen (secondary N) is 2. The molecule has 254 valence electrons. The molecule has 0 saturated carbocycles. The highest BCUT2D eigenvalue weighted by atomic mass is 16.5. The summed E-state index contributed by atoms with van der Waals surface area (Å²) in [6.07, 6.45) is 26.2. The number of aliphatic imine (C=N–C) groups is 1. The maximum atomic E-state index is 6.99. The number of hydrogen-bond donors (Lipinski definition) is 2. The van der Waals surface area contributed by atoms with Crippen molar-refractivity contribution in [1.82, 2.24) is 15.2 Å². The summed E-state index contributed by atoms with van der Waals surface area (Å²) >= 11 is 0. The molecule has 0 amide bonds. The lowest BCUT2D eigenvalue weighted by Crippen LogP contribution is -2.54. The van der Waals surface area contributed by atoms with E-state index >= 15 is 0 Å². The van der Waals surface area contributed by atoms with Crippen LogP contribution in [0.15, 0.2) is 138 Å². The number of hydrogen-bond acceptors (Lipinski definition) is 5. The molecule has 4 heterocycles. The van der Waals surface area contributed by atoms with E-state index in [1.165, 1.54) is 47.7 Å². The minimum Gasteiger partial charge on any atom is -0.485 e. The number of aromatic nitrogens is 1. The number of ether oxygens (including phenoxy) is 2. The zero-order valence-electron chi connectivity index (χ0n) is 28.6. The van der Waals surface area contributed by atoms with Crippen LogP contribution < -0.4 is 15.4 Å². The van der Waals surface area contributed by atoms with Crippen LogP contribution in [0.4, 0.5) is 0 Å². The molecule has 0 radical (unpaired) electrons. The number of rotatable bonds is 4. The lowest BCUT2D eigenvalue weighted by atomic mass is 9.74. The van der Waals surface area contributed by atoms with Crippen LogP contribution in [0.5, 0.6) is 5.75 Å². The number of allylic oxidation sites excluding steroid dienone is 5. The van der Waals surface area contributed by atoms with Gasteiger partial charge in [-0.15, -0.1) is 0 Å². The van der Waals surface area contributed by atoms with E-state index in [0.29, 0.717) is 12.0 Å². The third kappa shape index (κ3) is 4.80. The van der Waals surface area contributed by atoms with Crippen molar-refractivity contribution in [2.45, 2.75) is 74.7 Å². The van der Waals surface area contributed by atoms with E-state index in [-0.39, 0.29) is 42.5 Å². The Balaban J connectivity index is 0.919. The maximum absolute atomic E-state index is 6.99. The summed E-state index contributed by atoms with van der Waals surface area (Å²) in [5, 5.41) is 9.19. The average Bonchev–Trinajstić information content (AvgIpc) is 3.87. The van der Waals surface area contributed by atoms with Crippen LogP contribution in [0.25, 0.3) is 10.9 Å². The molecule has 51 heavy (non-hydrogen) atoms. The quantitative estimate of drug-likeness (QED) is 0.215. The van der Waals surface area contributed by atoms with Crippen LogP contribution in [0, 0.1) is 11.8 Å². The topological polar surface area (TPSA) is 59.8 Å². The van der Waals surface area contributed by atoms with Crippen molar-refractivity contribution in [2.24, 2.45) is 16.8 Å². The number of nitrogens with zero attached hydrogens (tertiary/aromatic N) is 2. The van der Waals surface area contributed by atoms with E-state index in [1.54, 1.807) is 11.3 Å². The summed E-state index contributed by atoms with van der Waals surface area (Å²) in [4.78, 5) is 5.27. The van der Waals surface area contributed by atoms with Crippen LogP contribution in [-0.4, -0.2) is 34.9 Å². The molecule has 9 atom stereocenters. The van der Waals surface area contributed by atoms with Gasteiger partial charge < -0.3 is 19.4 Å². The van der Waals surface area contributed by atoms with E-state index in [1.807, 2.05) is 0 Å². The molecule has 1 fully saturated rings. The summed E-state index contributed by atoms with van der Waals surface area (Å²) in [6.45, 7) is 0. The smallest absolute Gasteiger partial charge is 0.131 e. The Bertz CT molecular complexity index is 2220. The van der Waals surface area contributed by atoms with Crippen molar-refractivity contribution < 1.29 is 9.47 Å². The van der Waals surface area contributed by atoms with Crippen LogP contribution in [0.1, 0.15) is 65.3 Å². The molecule has 11 rings (SSSR count). The molecular weight excluding hydrogens is 629 g/mol. The molecule has 9 unspecified atom stereocenters. The first-order valence-corrected chi connectivity index (χ1v) is 18.9. The Morgan fingerprint density at radius 1 is 0.804 bits per heavy atom. The number of fused-ring (bicyclic) bond motifs is 9. The van der Waals surface area contributed by atoms with Crippen LogP contribution in [0.2, 0.25) is 0 Å². The molecule has 0 bridgehead atoms. The fraction of sp³-hybridized carbons (Fsp3) is 0.311. The minimum absolute atomic E-state index is 0.0395. The first-order valence-electron chi connectivity index (χ1n) is 18.9. The van der Waals surface area contributed by atoms with Gasteiger partial charge in [-0.05, 0) is 67.0 Å². The van der Waals surface area contributed by atoms with Gasteiger partial charge in [-0.2, -0.15) is 0 Å². The first-order chi connectivity index (χ1) is 25.3. The molecule has 2 N–H and O–H groups in total. The molecule has 1 saturated heterocycles. The van der Waals surface area contributed by atoms with Gasteiger partial charge in [0.15, 0.2) is 0 Å².